The first-order chi connectivity index (χ1) is 18.1. The molecule has 0 spiro atoms. The van der Waals surface area contributed by atoms with Crippen molar-refractivity contribution in [2.45, 2.75) is 142 Å². The Kier molecular flexibility index (Phi) is 8.74. The van der Waals surface area contributed by atoms with Crippen LogP contribution in [0.4, 0.5) is 0 Å². The predicted molar refractivity (Wildman–Crippen MR) is 150 cm³/mol. The van der Waals surface area contributed by atoms with E-state index in [1.807, 2.05) is 0 Å². The zero-order chi connectivity index (χ0) is 27.2. The highest BCUT2D eigenvalue weighted by molar-refractivity contribution is 5.25. The van der Waals surface area contributed by atoms with Crippen LogP contribution in [0.3, 0.4) is 0 Å². The summed E-state index contributed by atoms with van der Waals surface area (Å²) >= 11 is 0. The van der Waals surface area contributed by atoms with Crippen molar-refractivity contribution in [3.8, 4) is 0 Å². The van der Waals surface area contributed by atoms with E-state index in [1.54, 1.807) is 5.57 Å². The molecule has 3 N–H and O–H groups in total. The molecule has 4 fully saturated rings. The number of allylic oxidation sites excluding steroid dienone is 1. The second-order valence-corrected chi connectivity index (χ2v) is 14.9. The van der Waals surface area contributed by atoms with Crippen molar-refractivity contribution in [1.82, 2.24) is 0 Å². The Morgan fingerprint density at radius 2 is 1.82 bits per heavy atom. The van der Waals surface area contributed by atoms with Crippen LogP contribution < -0.4 is 0 Å². The van der Waals surface area contributed by atoms with Crippen molar-refractivity contribution in [3.05, 3.63) is 11.6 Å². The Hall–Kier alpha value is -0.460. The van der Waals surface area contributed by atoms with E-state index in [4.69, 9.17) is 9.47 Å². The first kappa shape index (κ1) is 29.0. The van der Waals surface area contributed by atoms with Gasteiger partial charge in [0.05, 0.1) is 18.8 Å². The predicted octanol–water partition coefficient (Wildman–Crippen LogP) is 6.24. The highest BCUT2D eigenvalue weighted by Gasteiger charge is 2.59. The summed E-state index contributed by atoms with van der Waals surface area (Å²) in [5, 5.41) is 29.8. The maximum Gasteiger partial charge on any atom is 0.161 e. The molecule has 5 rings (SSSR count). The molecule has 3 saturated carbocycles. The summed E-state index contributed by atoms with van der Waals surface area (Å²) in [6.45, 7) is 12.2. The number of aliphatic hydroxyl groups excluding tert-OH is 3. The van der Waals surface area contributed by atoms with Crippen molar-refractivity contribution >= 4 is 0 Å². The molecule has 2 unspecified atom stereocenters. The van der Waals surface area contributed by atoms with Crippen LogP contribution in [0.2, 0.25) is 0 Å². The van der Waals surface area contributed by atoms with Gasteiger partial charge in [0.2, 0.25) is 0 Å². The maximum atomic E-state index is 10.2. The fourth-order valence-corrected chi connectivity index (χ4v) is 10.1. The molecule has 0 bridgehead atoms. The van der Waals surface area contributed by atoms with Crippen LogP contribution in [-0.2, 0) is 9.47 Å². The molecule has 1 heterocycles. The fraction of sp³-hybridized carbons (Fsp3) is 0.939. The van der Waals surface area contributed by atoms with E-state index in [1.165, 1.54) is 51.4 Å². The van der Waals surface area contributed by atoms with Gasteiger partial charge in [-0.05, 0) is 97.7 Å². The molecule has 0 aromatic rings. The van der Waals surface area contributed by atoms with Gasteiger partial charge in [0.1, 0.15) is 12.2 Å². The van der Waals surface area contributed by atoms with Gasteiger partial charge in [-0.25, -0.2) is 0 Å². The number of rotatable bonds is 8. The standard InChI is InChI=1S/C33H56O5/c1-20(2)7-6-8-21(3)25-11-12-26-24-10-9-22-17-23(37-30-18-28(35)31(36)29(19-34)38-30)13-15-32(22,4)27(24)14-16-33(25,26)5/h9,20-21,23-31,34-36H,6-8,10-19H2,1-5H3/t21-,23?,24+,25-,26+,27+,28-,29-,30?,31+,32+,33-/m1/s1. The van der Waals surface area contributed by atoms with Crippen molar-refractivity contribution in [3.63, 3.8) is 0 Å². The minimum atomic E-state index is -1.05. The summed E-state index contributed by atoms with van der Waals surface area (Å²) in [7, 11) is 0. The zero-order valence-electron chi connectivity index (χ0n) is 24.8. The lowest BCUT2D eigenvalue weighted by atomic mass is 9.47. The Morgan fingerprint density at radius 3 is 2.55 bits per heavy atom. The van der Waals surface area contributed by atoms with E-state index >= 15 is 0 Å². The van der Waals surface area contributed by atoms with Crippen molar-refractivity contribution < 1.29 is 24.8 Å². The van der Waals surface area contributed by atoms with Crippen LogP contribution in [-0.4, -0.2) is 52.6 Å². The number of fused-ring (bicyclic) bond motifs is 5. The average Bonchev–Trinajstić information content (AvgIpc) is 3.23. The minimum Gasteiger partial charge on any atom is -0.394 e. The quantitative estimate of drug-likeness (QED) is 0.322. The number of ether oxygens (including phenoxy) is 2. The molecule has 218 valence electrons. The summed E-state index contributed by atoms with van der Waals surface area (Å²) in [6.07, 6.45) is 13.8. The van der Waals surface area contributed by atoms with Gasteiger partial charge in [0.25, 0.3) is 0 Å². The van der Waals surface area contributed by atoms with Crippen molar-refractivity contribution in [1.29, 1.82) is 0 Å². The average molecular weight is 533 g/mol. The van der Waals surface area contributed by atoms with Crippen LogP contribution in [0.15, 0.2) is 11.6 Å². The van der Waals surface area contributed by atoms with Crippen LogP contribution in [0.5, 0.6) is 0 Å². The van der Waals surface area contributed by atoms with Gasteiger partial charge in [-0.3, -0.25) is 0 Å². The minimum absolute atomic E-state index is 0.0778. The lowest BCUT2D eigenvalue weighted by molar-refractivity contribution is -0.271. The van der Waals surface area contributed by atoms with Crippen molar-refractivity contribution in [2.75, 3.05) is 6.61 Å². The highest BCUT2D eigenvalue weighted by Crippen LogP contribution is 2.67. The van der Waals surface area contributed by atoms with E-state index in [0.717, 1.165) is 54.8 Å². The summed E-state index contributed by atoms with van der Waals surface area (Å²) in [5.41, 5.74) is 2.39. The molecular formula is C33H56O5. The van der Waals surface area contributed by atoms with E-state index in [0.29, 0.717) is 5.41 Å². The lowest BCUT2D eigenvalue weighted by Gasteiger charge is -2.58. The molecule has 12 atom stereocenters. The molecule has 1 saturated heterocycles. The summed E-state index contributed by atoms with van der Waals surface area (Å²) in [5.74, 6) is 5.07. The van der Waals surface area contributed by atoms with Gasteiger partial charge in [-0.15, -0.1) is 0 Å². The van der Waals surface area contributed by atoms with Gasteiger partial charge in [-0.2, -0.15) is 0 Å². The van der Waals surface area contributed by atoms with Gasteiger partial charge >= 0.3 is 0 Å². The second-order valence-electron chi connectivity index (χ2n) is 14.9. The molecular weight excluding hydrogens is 476 g/mol. The van der Waals surface area contributed by atoms with Gasteiger partial charge in [0, 0.05) is 6.42 Å². The Labute approximate surface area is 231 Å². The Bertz CT molecular complexity index is 841. The summed E-state index contributed by atoms with van der Waals surface area (Å²) in [4.78, 5) is 0. The molecule has 5 nitrogen and oxygen atoms in total. The molecule has 38 heavy (non-hydrogen) atoms. The topological polar surface area (TPSA) is 79.2 Å². The van der Waals surface area contributed by atoms with Gasteiger partial charge in [0.15, 0.2) is 6.29 Å². The normalized spacial score (nSPS) is 47.7. The van der Waals surface area contributed by atoms with E-state index in [-0.39, 0.29) is 24.5 Å². The molecule has 5 aliphatic rings. The van der Waals surface area contributed by atoms with Crippen LogP contribution in [0.25, 0.3) is 0 Å². The van der Waals surface area contributed by atoms with Crippen LogP contribution in [0, 0.1) is 46.3 Å². The van der Waals surface area contributed by atoms with E-state index in [9.17, 15) is 15.3 Å². The van der Waals surface area contributed by atoms with E-state index in [2.05, 4.69) is 40.7 Å². The van der Waals surface area contributed by atoms with E-state index < -0.39 is 24.6 Å². The molecule has 4 aliphatic carbocycles. The molecule has 0 amide bonds. The van der Waals surface area contributed by atoms with Gasteiger partial charge < -0.3 is 24.8 Å². The first-order valence-electron chi connectivity index (χ1n) is 16.0. The zero-order valence-corrected chi connectivity index (χ0v) is 24.8. The smallest absolute Gasteiger partial charge is 0.161 e. The number of aliphatic hydroxyl groups is 3. The largest absolute Gasteiger partial charge is 0.394 e. The van der Waals surface area contributed by atoms with Crippen molar-refractivity contribution in [2.24, 2.45) is 46.3 Å². The molecule has 5 heteroatoms. The summed E-state index contributed by atoms with van der Waals surface area (Å²) in [6, 6.07) is 0. The lowest BCUT2D eigenvalue weighted by Crippen LogP contribution is -2.52. The molecule has 0 aromatic heterocycles. The molecule has 1 aliphatic heterocycles. The monoisotopic (exact) mass is 532 g/mol. The summed E-state index contributed by atoms with van der Waals surface area (Å²) < 4.78 is 12.1. The Morgan fingerprint density at radius 1 is 1.03 bits per heavy atom. The molecule has 0 aromatic carbocycles. The molecule has 0 radical (unpaired) electrons. The maximum absolute atomic E-state index is 10.2. The van der Waals surface area contributed by atoms with Gasteiger partial charge in [-0.1, -0.05) is 65.5 Å². The first-order valence-corrected chi connectivity index (χ1v) is 16.0. The third-order valence-corrected chi connectivity index (χ3v) is 12.3. The Balaban J connectivity index is 1.23. The number of hydrogen-bond donors (Lipinski definition) is 3. The fourth-order valence-electron chi connectivity index (χ4n) is 10.1. The number of hydrogen-bond acceptors (Lipinski definition) is 5. The highest BCUT2D eigenvalue weighted by atomic mass is 16.7. The third kappa shape index (κ3) is 5.29. The second kappa shape index (κ2) is 11.4. The SMILES string of the molecule is CC(C)CCC[C@@H](C)[C@H]1CC[C@H]2[C@@H]3CC=C4CC(OC5C[C@@H](O)[C@H](O)[C@@H](CO)O5)CC[C@]4(C)[C@H]3CC[C@]12C. The third-order valence-electron chi connectivity index (χ3n) is 12.3. The van der Waals surface area contributed by atoms with Crippen LogP contribution >= 0.6 is 0 Å². The van der Waals surface area contributed by atoms with Crippen LogP contribution in [0.1, 0.15) is 112 Å².